The molecule has 4 aromatic rings. The number of benzene rings is 3. The van der Waals surface area contributed by atoms with Crippen LogP contribution in [0.2, 0.25) is 5.02 Å². The Hall–Kier alpha value is -3.15. The lowest BCUT2D eigenvalue weighted by atomic mass is 9.99. The van der Waals surface area contributed by atoms with Gasteiger partial charge >= 0.3 is 0 Å². The van der Waals surface area contributed by atoms with E-state index in [1.54, 1.807) is 0 Å². The van der Waals surface area contributed by atoms with Gasteiger partial charge in [0, 0.05) is 18.7 Å². The average molecular weight is 517 g/mol. The number of carbonyl (C=O) groups is 1. The van der Waals surface area contributed by atoms with Crippen molar-refractivity contribution in [2.75, 3.05) is 13.1 Å². The summed E-state index contributed by atoms with van der Waals surface area (Å²) in [5.41, 5.74) is 11.7. The fourth-order valence-corrected chi connectivity index (χ4v) is 5.27. The Kier molecular flexibility index (Phi) is 8.67. The highest BCUT2D eigenvalue weighted by Gasteiger charge is 2.33. The molecule has 1 amide bonds. The van der Waals surface area contributed by atoms with Crippen LogP contribution >= 0.6 is 11.6 Å². The number of aryl methyl sites for hydroxylation is 2. The van der Waals surface area contributed by atoms with Crippen LogP contribution in [0.1, 0.15) is 66.1 Å². The summed E-state index contributed by atoms with van der Waals surface area (Å²) in [6, 6.07) is 22.1. The van der Waals surface area contributed by atoms with E-state index in [1.165, 1.54) is 5.56 Å². The van der Waals surface area contributed by atoms with Crippen molar-refractivity contribution >= 4 is 28.5 Å². The molecule has 0 aliphatic heterocycles. The molecule has 6 heteroatoms. The Bertz CT molecular complexity index is 1350. The van der Waals surface area contributed by atoms with E-state index in [2.05, 4.69) is 49.6 Å². The van der Waals surface area contributed by atoms with Crippen LogP contribution in [0.4, 0.5) is 0 Å². The zero-order valence-electron chi connectivity index (χ0n) is 22.2. The molecule has 194 valence electrons. The summed E-state index contributed by atoms with van der Waals surface area (Å²) in [7, 11) is 0. The molecule has 37 heavy (non-hydrogen) atoms. The molecule has 3 aromatic carbocycles. The van der Waals surface area contributed by atoms with Crippen LogP contribution in [0.5, 0.6) is 0 Å². The maximum absolute atomic E-state index is 14.0. The Morgan fingerprint density at radius 3 is 2.38 bits per heavy atom. The van der Waals surface area contributed by atoms with Gasteiger partial charge in [-0.15, -0.1) is 0 Å². The van der Waals surface area contributed by atoms with Gasteiger partial charge in [-0.05, 0) is 61.6 Å². The van der Waals surface area contributed by atoms with Crippen molar-refractivity contribution in [2.24, 2.45) is 11.7 Å². The van der Waals surface area contributed by atoms with Gasteiger partial charge in [0.05, 0.1) is 16.6 Å². The number of hydrogen-bond acceptors (Lipinski definition) is 3. The fourth-order valence-electron chi connectivity index (χ4n) is 4.94. The molecule has 0 aliphatic rings. The molecule has 0 aliphatic carbocycles. The standard InChI is InChI=1S/C31H37ClN4O/c1-5-24-16-17-26-28(27(24)32)34-30(36(26)20-23-10-7-6-8-11-23)29(21(2)3)35(19-9-18-33)31(37)25-14-12-22(4)13-15-25/h6-8,10-17,21,29H,5,9,18-20,33H2,1-4H3/t29-/m1/s1. The van der Waals surface area contributed by atoms with E-state index < -0.39 is 0 Å². The highest BCUT2D eigenvalue weighted by molar-refractivity contribution is 6.35. The predicted octanol–water partition coefficient (Wildman–Crippen LogP) is 6.80. The van der Waals surface area contributed by atoms with Crippen molar-refractivity contribution in [3.63, 3.8) is 0 Å². The molecule has 0 bridgehead atoms. The third-order valence-electron chi connectivity index (χ3n) is 6.93. The van der Waals surface area contributed by atoms with Crippen LogP contribution in [-0.4, -0.2) is 33.4 Å². The molecule has 1 heterocycles. The Morgan fingerprint density at radius 2 is 1.76 bits per heavy atom. The summed E-state index contributed by atoms with van der Waals surface area (Å²) in [6.45, 7) is 10.1. The SMILES string of the molecule is CCc1ccc2c(nc([C@@H](C(C)C)N(CCCN)C(=O)c3ccc(C)cc3)n2Cc2ccccc2)c1Cl. The monoisotopic (exact) mass is 516 g/mol. The van der Waals surface area contributed by atoms with Gasteiger partial charge in [0.25, 0.3) is 5.91 Å². The first-order chi connectivity index (χ1) is 17.8. The molecule has 2 N–H and O–H groups in total. The maximum Gasteiger partial charge on any atom is 0.254 e. The molecule has 0 fully saturated rings. The van der Waals surface area contributed by atoms with Gasteiger partial charge in [-0.2, -0.15) is 0 Å². The summed E-state index contributed by atoms with van der Waals surface area (Å²) in [6.07, 6.45) is 1.54. The number of nitrogens with zero attached hydrogens (tertiary/aromatic N) is 3. The molecule has 1 aromatic heterocycles. The van der Waals surface area contributed by atoms with Crippen LogP contribution in [0.25, 0.3) is 11.0 Å². The Morgan fingerprint density at radius 1 is 1.05 bits per heavy atom. The highest BCUT2D eigenvalue weighted by Crippen LogP contribution is 2.36. The fraction of sp³-hybridized carbons (Fsp3) is 0.355. The van der Waals surface area contributed by atoms with E-state index in [-0.39, 0.29) is 17.9 Å². The summed E-state index contributed by atoms with van der Waals surface area (Å²) >= 11 is 6.88. The number of halogens is 1. The molecule has 5 nitrogen and oxygen atoms in total. The van der Waals surface area contributed by atoms with Crippen molar-refractivity contribution in [1.29, 1.82) is 0 Å². The minimum Gasteiger partial charge on any atom is -0.330 e. The topological polar surface area (TPSA) is 64.2 Å². The van der Waals surface area contributed by atoms with E-state index >= 15 is 0 Å². The number of hydrogen-bond donors (Lipinski definition) is 1. The Labute approximate surface area is 225 Å². The number of imidazole rings is 1. The Balaban J connectivity index is 1.90. The van der Waals surface area contributed by atoms with Crippen LogP contribution in [0.15, 0.2) is 66.7 Å². The predicted molar refractivity (Wildman–Crippen MR) is 153 cm³/mol. The van der Waals surface area contributed by atoms with Gasteiger partial charge in [-0.25, -0.2) is 4.98 Å². The summed E-state index contributed by atoms with van der Waals surface area (Å²) in [5.74, 6) is 0.954. The first-order valence-electron chi connectivity index (χ1n) is 13.1. The molecule has 0 unspecified atom stereocenters. The van der Waals surface area contributed by atoms with E-state index in [4.69, 9.17) is 22.3 Å². The lowest BCUT2D eigenvalue weighted by molar-refractivity contribution is 0.0605. The lowest BCUT2D eigenvalue weighted by Crippen LogP contribution is -2.40. The summed E-state index contributed by atoms with van der Waals surface area (Å²) in [5, 5.41) is 0.689. The number of fused-ring (bicyclic) bond motifs is 1. The zero-order valence-corrected chi connectivity index (χ0v) is 23.0. The summed E-state index contributed by atoms with van der Waals surface area (Å²) in [4.78, 5) is 21.1. The quantitative estimate of drug-likeness (QED) is 0.252. The van der Waals surface area contributed by atoms with Crippen LogP contribution < -0.4 is 5.73 Å². The van der Waals surface area contributed by atoms with Crippen LogP contribution in [-0.2, 0) is 13.0 Å². The van der Waals surface area contributed by atoms with Gasteiger partial charge in [0.15, 0.2) is 0 Å². The number of amides is 1. The number of carbonyl (C=O) groups excluding carboxylic acids is 1. The average Bonchev–Trinajstić information content (AvgIpc) is 3.25. The van der Waals surface area contributed by atoms with Crippen molar-refractivity contribution in [2.45, 2.75) is 53.1 Å². The zero-order chi connectivity index (χ0) is 26.5. The second-order valence-electron chi connectivity index (χ2n) is 10.00. The first kappa shape index (κ1) is 26.9. The number of nitrogens with two attached hydrogens (primary N) is 1. The summed E-state index contributed by atoms with van der Waals surface area (Å²) < 4.78 is 2.23. The van der Waals surface area contributed by atoms with Gasteiger partial charge in [-0.1, -0.05) is 86.5 Å². The second-order valence-corrected chi connectivity index (χ2v) is 10.4. The van der Waals surface area contributed by atoms with Gasteiger partial charge in [0.2, 0.25) is 0 Å². The molecule has 0 radical (unpaired) electrons. The van der Waals surface area contributed by atoms with Gasteiger partial charge < -0.3 is 15.2 Å². The molecule has 0 saturated heterocycles. The minimum absolute atomic E-state index is 0.00851. The molecule has 4 rings (SSSR count). The smallest absolute Gasteiger partial charge is 0.254 e. The van der Waals surface area contributed by atoms with Crippen LogP contribution in [0, 0.1) is 12.8 Å². The van der Waals surface area contributed by atoms with Gasteiger partial charge in [0.1, 0.15) is 11.3 Å². The lowest BCUT2D eigenvalue weighted by Gasteiger charge is -2.34. The normalized spacial score (nSPS) is 12.3. The van der Waals surface area contributed by atoms with E-state index in [9.17, 15) is 4.79 Å². The van der Waals surface area contributed by atoms with Crippen molar-refractivity contribution in [3.8, 4) is 0 Å². The van der Waals surface area contributed by atoms with Crippen molar-refractivity contribution < 1.29 is 4.79 Å². The van der Waals surface area contributed by atoms with Gasteiger partial charge in [-0.3, -0.25) is 4.79 Å². The highest BCUT2D eigenvalue weighted by atomic mass is 35.5. The van der Waals surface area contributed by atoms with E-state index in [0.717, 1.165) is 34.4 Å². The molecule has 1 atom stereocenters. The minimum atomic E-state index is -0.252. The molecular formula is C31H37ClN4O. The second kappa shape index (κ2) is 11.9. The third kappa shape index (κ3) is 5.73. The van der Waals surface area contributed by atoms with E-state index in [1.807, 2.05) is 54.3 Å². The van der Waals surface area contributed by atoms with Crippen molar-refractivity contribution in [1.82, 2.24) is 14.5 Å². The number of aromatic nitrogens is 2. The molecule has 0 saturated carbocycles. The maximum atomic E-state index is 14.0. The number of rotatable bonds is 10. The van der Waals surface area contributed by atoms with E-state index in [0.29, 0.717) is 36.6 Å². The molecular weight excluding hydrogens is 480 g/mol. The van der Waals surface area contributed by atoms with Crippen LogP contribution in [0.3, 0.4) is 0 Å². The van der Waals surface area contributed by atoms with Crippen molar-refractivity contribution in [3.05, 3.63) is 99.8 Å². The molecule has 0 spiro atoms. The first-order valence-corrected chi connectivity index (χ1v) is 13.5. The third-order valence-corrected chi connectivity index (χ3v) is 7.35. The largest absolute Gasteiger partial charge is 0.330 e.